The predicted molar refractivity (Wildman–Crippen MR) is 114 cm³/mol. The Balaban J connectivity index is 1.54. The van der Waals surface area contributed by atoms with Crippen LogP contribution < -0.4 is 5.32 Å². The number of nitrogens with zero attached hydrogens (tertiary/aromatic N) is 3. The number of imidazole rings is 1. The van der Waals surface area contributed by atoms with Gasteiger partial charge in [0.1, 0.15) is 11.9 Å². The maximum Gasteiger partial charge on any atom is 0.221 e. The first kappa shape index (κ1) is 19.5. The summed E-state index contributed by atoms with van der Waals surface area (Å²) in [5, 5.41) is 3.30. The molecule has 1 saturated carbocycles. The molecule has 152 valence electrons. The molecule has 2 aromatic heterocycles. The molecule has 1 aromatic carbocycles. The first-order valence-electron chi connectivity index (χ1n) is 10.6. The number of hydrogen-bond acceptors (Lipinski definition) is 2. The molecule has 0 spiro atoms. The summed E-state index contributed by atoms with van der Waals surface area (Å²) in [5.74, 6) is 0.962. The van der Waals surface area contributed by atoms with Gasteiger partial charge in [-0.15, -0.1) is 0 Å². The van der Waals surface area contributed by atoms with E-state index in [4.69, 9.17) is 0 Å². The standard InChI is InChI=1S/C24H30N4O/c1-27-17-14-25-23(27)22(20-10-4-2-5-11-20)26-21(29)18-24(12-6-3-7-13-24)19-28-15-8-9-16-28/h2,4-5,8-11,14-17,22H,3,6-7,12-13,18-19H2,1H3,(H,26,29). The van der Waals surface area contributed by atoms with Gasteiger partial charge in [0, 0.05) is 44.8 Å². The van der Waals surface area contributed by atoms with Crippen molar-refractivity contribution in [2.75, 3.05) is 0 Å². The monoisotopic (exact) mass is 390 g/mol. The zero-order valence-electron chi connectivity index (χ0n) is 17.1. The largest absolute Gasteiger partial charge is 0.354 e. The Morgan fingerprint density at radius 1 is 1.07 bits per heavy atom. The highest BCUT2D eigenvalue weighted by Gasteiger charge is 2.35. The lowest BCUT2D eigenvalue weighted by Crippen LogP contribution is -2.38. The van der Waals surface area contributed by atoms with E-state index in [1.165, 1.54) is 19.3 Å². The molecular weight excluding hydrogens is 360 g/mol. The number of carbonyl (C=O) groups excluding carboxylic acids is 1. The fourth-order valence-electron chi connectivity index (χ4n) is 4.71. The van der Waals surface area contributed by atoms with E-state index in [1.54, 1.807) is 6.20 Å². The molecule has 0 radical (unpaired) electrons. The van der Waals surface area contributed by atoms with Crippen LogP contribution in [-0.2, 0) is 18.4 Å². The number of hydrogen-bond donors (Lipinski definition) is 1. The molecule has 2 heterocycles. The Morgan fingerprint density at radius 2 is 1.79 bits per heavy atom. The lowest BCUT2D eigenvalue weighted by atomic mass is 9.71. The number of amides is 1. The third kappa shape index (κ3) is 4.61. The number of aromatic nitrogens is 3. The van der Waals surface area contributed by atoms with Gasteiger partial charge in [0.15, 0.2) is 0 Å². The predicted octanol–water partition coefficient (Wildman–Crippen LogP) is 4.47. The summed E-state index contributed by atoms with van der Waals surface area (Å²) >= 11 is 0. The van der Waals surface area contributed by atoms with E-state index in [0.717, 1.165) is 30.8 Å². The minimum atomic E-state index is -0.240. The van der Waals surface area contributed by atoms with E-state index in [9.17, 15) is 4.79 Å². The lowest BCUT2D eigenvalue weighted by molar-refractivity contribution is -0.124. The van der Waals surface area contributed by atoms with Crippen molar-refractivity contribution in [3.8, 4) is 0 Å². The molecular formula is C24H30N4O. The summed E-state index contributed by atoms with van der Waals surface area (Å²) in [4.78, 5) is 17.8. The van der Waals surface area contributed by atoms with Gasteiger partial charge >= 0.3 is 0 Å². The molecule has 1 N–H and O–H groups in total. The number of aryl methyl sites for hydroxylation is 1. The normalized spacial score (nSPS) is 17.0. The van der Waals surface area contributed by atoms with Crippen LogP contribution in [0.15, 0.2) is 67.3 Å². The Bertz CT molecular complexity index is 908. The van der Waals surface area contributed by atoms with Gasteiger partial charge in [0.2, 0.25) is 5.91 Å². The van der Waals surface area contributed by atoms with Gasteiger partial charge < -0.3 is 14.5 Å². The molecule has 1 aliphatic rings. The summed E-state index contributed by atoms with van der Waals surface area (Å²) in [5.41, 5.74) is 1.09. The van der Waals surface area contributed by atoms with Crippen molar-refractivity contribution < 1.29 is 4.79 Å². The van der Waals surface area contributed by atoms with E-state index in [2.05, 4.69) is 51.5 Å². The van der Waals surface area contributed by atoms with Crippen LogP contribution in [0.25, 0.3) is 0 Å². The highest BCUT2D eigenvalue weighted by atomic mass is 16.1. The van der Waals surface area contributed by atoms with Gasteiger partial charge in [-0.05, 0) is 36.0 Å². The molecule has 0 bridgehead atoms. The highest BCUT2D eigenvalue weighted by Crippen LogP contribution is 2.41. The second kappa shape index (κ2) is 8.68. The molecule has 1 unspecified atom stereocenters. The SMILES string of the molecule is Cn1ccnc1C(NC(=O)CC1(Cn2cccc2)CCCCC1)c1ccccc1. The smallest absolute Gasteiger partial charge is 0.221 e. The molecule has 1 aliphatic carbocycles. The van der Waals surface area contributed by atoms with Gasteiger partial charge in [-0.2, -0.15) is 0 Å². The lowest BCUT2D eigenvalue weighted by Gasteiger charge is -2.37. The minimum Gasteiger partial charge on any atom is -0.354 e. The topological polar surface area (TPSA) is 51.9 Å². The second-order valence-corrected chi connectivity index (χ2v) is 8.40. The van der Waals surface area contributed by atoms with E-state index in [0.29, 0.717) is 6.42 Å². The van der Waals surface area contributed by atoms with Crippen LogP contribution in [0.2, 0.25) is 0 Å². The Labute approximate surface area is 172 Å². The number of carbonyl (C=O) groups is 1. The van der Waals surface area contributed by atoms with Crippen LogP contribution in [-0.4, -0.2) is 20.0 Å². The zero-order chi connectivity index (χ0) is 20.1. The van der Waals surface area contributed by atoms with E-state index >= 15 is 0 Å². The van der Waals surface area contributed by atoms with Gasteiger partial charge in [0.05, 0.1) is 0 Å². The third-order valence-corrected chi connectivity index (χ3v) is 6.19. The molecule has 4 rings (SSSR count). The summed E-state index contributed by atoms with van der Waals surface area (Å²) in [6, 6.07) is 14.0. The van der Waals surface area contributed by atoms with Crippen molar-refractivity contribution in [1.29, 1.82) is 0 Å². The Hall–Kier alpha value is -2.82. The van der Waals surface area contributed by atoms with Gasteiger partial charge in [-0.3, -0.25) is 4.79 Å². The first-order chi connectivity index (χ1) is 14.2. The summed E-state index contributed by atoms with van der Waals surface area (Å²) in [6.07, 6.45) is 14.4. The minimum absolute atomic E-state index is 0.0320. The van der Waals surface area contributed by atoms with Gasteiger partial charge in [0.25, 0.3) is 0 Å². The molecule has 29 heavy (non-hydrogen) atoms. The van der Waals surface area contributed by atoms with E-state index in [1.807, 2.05) is 36.0 Å². The molecule has 3 aromatic rings. The number of rotatable bonds is 7. The maximum atomic E-state index is 13.3. The van der Waals surface area contributed by atoms with Crippen molar-refractivity contribution in [2.45, 2.75) is 51.1 Å². The van der Waals surface area contributed by atoms with Crippen LogP contribution in [0.3, 0.4) is 0 Å². The van der Waals surface area contributed by atoms with Crippen molar-refractivity contribution in [1.82, 2.24) is 19.4 Å². The fraction of sp³-hybridized carbons (Fsp3) is 0.417. The van der Waals surface area contributed by atoms with Crippen molar-refractivity contribution in [2.24, 2.45) is 12.5 Å². The van der Waals surface area contributed by atoms with E-state index in [-0.39, 0.29) is 17.4 Å². The average Bonchev–Trinajstić information content (AvgIpc) is 3.39. The molecule has 1 fully saturated rings. The summed E-state index contributed by atoms with van der Waals surface area (Å²) < 4.78 is 4.21. The van der Waals surface area contributed by atoms with Crippen LogP contribution >= 0.6 is 0 Å². The summed E-state index contributed by atoms with van der Waals surface area (Å²) in [6.45, 7) is 0.909. The van der Waals surface area contributed by atoms with Crippen LogP contribution in [0.5, 0.6) is 0 Å². The van der Waals surface area contributed by atoms with Crippen molar-refractivity contribution in [3.05, 3.63) is 78.6 Å². The summed E-state index contributed by atoms with van der Waals surface area (Å²) in [7, 11) is 1.97. The van der Waals surface area contributed by atoms with Crippen LogP contribution in [0.4, 0.5) is 0 Å². The molecule has 0 saturated heterocycles. The van der Waals surface area contributed by atoms with Crippen molar-refractivity contribution >= 4 is 5.91 Å². The van der Waals surface area contributed by atoms with Crippen molar-refractivity contribution in [3.63, 3.8) is 0 Å². The fourth-order valence-corrected chi connectivity index (χ4v) is 4.71. The Kier molecular flexibility index (Phi) is 5.84. The molecule has 1 atom stereocenters. The van der Waals surface area contributed by atoms with Crippen LogP contribution in [0.1, 0.15) is 56.0 Å². The quantitative estimate of drug-likeness (QED) is 0.647. The third-order valence-electron chi connectivity index (χ3n) is 6.19. The first-order valence-corrected chi connectivity index (χ1v) is 10.6. The van der Waals surface area contributed by atoms with Gasteiger partial charge in [-0.1, -0.05) is 49.6 Å². The molecule has 5 nitrogen and oxygen atoms in total. The Morgan fingerprint density at radius 3 is 2.45 bits per heavy atom. The number of benzene rings is 1. The zero-order valence-corrected chi connectivity index (χ0v) is 17.1. The van der Waals surface area contributed by atoms with Crippen LogP contribution in [0, 0.1) is 5.41 Å². The highest BCUT2D eigenvalue weighted by molar-refractivity contribution is 5.77. The molecule has 1 amide bonds. The van der Waals surface area contributed by atoms with Gasteiger partial charge in [-0.25, -0.2) is 4.98 Å². The average molecular weight is 391 g/mol. The number of nitrogens with one attached hydrogen (secondary N) is 1. The van der Waals surface area contributed by atoms with E-state index < -0.39 is 0 Å². The second-order valence-electron chi connectivity index (χ2n) is 8.40. The molecule has 5 heteroatoms. The maximum absolute atomic E-state index is 13.3. The molecule has 0 aliphatic heterocycles.